The van der Waals surface area contributed by atoms with Gasteiger partial charge in [0.05, 0.1) is 12.1 Å². The van der Waals surface area contributed by atoms with Crippen LogP contribution in [0.3, 0.4) is 0 Å². The third-order valence-electron chi connectivity index (χ3n) is 4.94. The SMILES string of the molecule is CC(C)CC(NC(c1ccc(-c2cccc(C=CC(=O)O)c2)cc1)C(F)(F)F)C(=O)NCC#N. The van der Waals surface area contributed by atoms with Crippen molar-refractivity contribution >= 4 is 18.0 Å². The Hall–Kier alpha value is -3.64. The molecule has 180 valence electrons. The number of carboxylic acids is 1. The first-order valence-corrected chi connectivity index (χ1v) is 10.6. The second kappa shape index (κ2) is 12.0. The highest BCUT2D eigenvalue weighted by molar-refractivity contribution is 5.85. The van der Waals surface area contributed by atoms with Gasteiger partial charge in [-0.25, -0.2) is 4.79 Å². The van der Waals surface area contributed by atoms with Crippen LogP contribution >= 0.6 is 0 Å². The van der Waals surface area contributed by atoms with E-state index in [9.17, 15) is 22.8 Å². The van der Waals surface area contributed by atoms with Gasteiger partial charge in [0.25, 0.3) is 0 Å². The molecule has 0 heterocycles. The maximum atomic E-state index is 13.9. The second-order valence-corrected chi connectivity index (χ2v) is 8.12. The normalized spacial score (nSPS) is 13.4. The van der Waals surface area contributed by atoms with Crippen LogP contribution in [0.15, 0.2) is 54.6 Å². The Morgan fingerprint density at radius 3 is 2.35 bits per heavy atom. The zero-order valence-corrected chi connectivity index (χ0v) is 18.8. The Labute approximate surface area is 196 Å². The maximum absolute atomic E-state index is 13.9. The lowest BCUT2D eigenvalue weighted by Crippen LogP contribution is -2.49. The van der Waals surface area contributed by atoms with Crippen molar-refractivity contribution in [1.82, 2.24) is 10.6 Å². The highest BCUT2D eigenvalue weighted by Crippen LogP contribution is 2.34. The first-order valence-electron chi connectivity index (χ1n) is 10.6. The monoisotopic (exact) mass is 473 g/mol. The molecule has 0 spiro atoms. The van der Waals surface area contributed by atoms with Gasteiger partial charge < -0.3 is 10.4 Å². The highest BCUT2D eigenvalue weighted by Gasteiger charge is 2.42. The minimum atomic E-state index is -4.66. The fourth-order valence-electron chi connectivity index (χ4n) is 3.41. The molecule has 9 heteroatoms. The number of nitrogens with one attached hydrogen (secondary N) is 2. The van der Waals surface area contributed by atoms with E-state index in [1.807, 2.05) is 0 Å². The second-order valence-electron chi connectivity index (χ2n) is 8.12. The van der Waals surface area contributed by atoms with Gasteiger partial charge >= 0.3 is 12.1 Å². The van der Waals surface area contributed by atoms with Gasteiger partial charge in [-0.2, -0.15) is 18.4 Å². The number of nitrogens with zero attached hydrogens (tertiary/aromatic N) is 1. The molecule has 0 aliphatic heterocycles. The lowest BCUT2D eigenvalue weighted by atomic mass is 9.97. The molecular formula is C25H26F3N3O3. The van der Waals surface area contributed by atoms with E-state index < -0.39 is 30.1 Å². The molecule has 0 saturated heterocycles. The Morgan fingerprint density at radius 2 is 1.79 bits per heavy atom. The first kappa shape index (κ1) is 26.6. The Bertz CT molecular complexity index is 1060. The summed E-state index contributed by atoms with van der Waals surface area (Å²) in [5.41, 5.74) is 1.95. The number of aliphatic carboxylic acids is 1. The molecule has 1 amide bonds. The fraction of sp³-hybridized carbons (Fsp3) is 0.320. The molecule has 34 heavy (non-hydrogen) atoms. The van der Waals surface area contributed by atoms with E-state index in [-0.39, 0.29) is 24.4 Å². The number of carboxylic acid groups (broad SMARTS) is 1. The Balaban J connectivity index is 2.31. The number of hydrogen-bond donors (Lipinski definition) is 3. The van der Waals surface area contributed by atoms with Gasteiger partial charge in [-0.15, -0.1) is 0 Å². The summed E-state index contributed by atoms with van der Waals surface area (Å²) >= 11 is 0. The van der Waals surface area contributed by atoms with Crippen molar-refractivity contribution in [2.24, 2.45) is 5.92 Å². The number of hydrogen-bond acceptors (Lipinski definition) is 4. The quantitative estimate of drug-likeness (QED) is 0.343. The minimum absolute atomic E-state index is 0.0518. The van der Waals surface area contributed by atoms with Crippen LogP contribution in [0.2, 0.25) is 0 Å². The predicted molar refractivity (Wildman–Crippen MR) is 122 cm³/mol. The van der Waals surface area contributed by atoms with Crippen LogP contribution in [0.1, 0.15) is 37.4 Å². The van der Waals surface area contributed by atoms with Crippen molar-refractivity contribution in [2.75, 3.05) is 6.54 Å². The number of amides is 1. The predicted octanol–water partition coefficient (Wildman–Crippen LogP) is 4.70. The van der Waals surface area contributed by atoms with Gasteiger partial charge in [-0.05, 0) is 46.7 Å². The Morgan fingerprint density at radius 1 is 1.12 bits per heavy atom. The lowest BCUT2D eigenvalue weighted by molar-refractivity contribution is -0.161. The smallest absolute Gasteiger partial charge is 0.407 e. The summed E-state index contributed by atoms with van der Waals surface area (Å²) in [5.74, 6) is -1.80. The third kappa shape index (κ3) is 8.05. The summed E-state index contributed by atoms with van der Waals surface area (Å²) in [6, 6.07) is 11.3. The molecule has 6 nitrogen and oxygen atoms in total. The third-order valence-corrected chi connectivity index (χ3v) is 4.94. The molecule has 0 aromatic heterocycles. The van der Waals surface area contributed by atoms with Crippen molar-refractivity contribution in [3.05, 3.63) is 65.7 Å². The van der Waals surface area contributed by atoms with Gasteiger partial charge in [-0.1, -0.05) is 56.3 Å². The van der Waals surface area contributed by atoms with E-state index in [0.717, 1.165) is 6.08 Å². The average molecular weight is 473 g/mol. The average Bonchev–Trinajstić information content (AvgIpc) is 2.78. The standard InChI is InChI=1S/C25H26F3N3O3/c1-16(2)14-21(24(34)30-13-12-29)31-23(25(26,27)28)19-9-7-18(8-10-19)20-5-3-4-17(15-20)6-11-22(32)33/h3-11,15-16,21,23,31H,13-14H2,1-2H3,(H,30,34)(H,32,33). The molecule has 0 radical (unpaired) electrons. The number of benzene rings is 2. The van der Waals surface area contributed by atoms with Crippen LogP contribution in [0, 0.1) is 17.2 Å². The van der Waals surface area contributed by atoms with Crippen LogP contribution in [-0.2, 0) is 9.59 Å². The van der Waals surface area contributed by atoms with Gasteiger partial charge in [0.15, 0.2) is 0 Å². The van der Waals surface area contributed by atoms with Crippen molar-refractivity contribution in [3.63, 3.8) is 0 Å². The number of carbonyl (C=O) groups is 2. The van der Waals surface area contributed by atoms with Crippen molar-refractivity contribution in [2.45, 2.75) is 38.5 Å². The molecule has 0 fully saturated rings. The summed E-state index contributed by atoms with van der Waals surface area (Å²) in [6.45, 7) is 3.30. The van der Waals surface area contributed by atoms with E-state index in [1.54, 1.807) is 56.3 Å². The van der Waals surface area contributed by atoms with Gasteiger partial charge in [-0.3, -0.25) is 10.1 Å². The maximum Gasteiger partial charge on any atom is 0.407 e. The molecule has 2 aromatic rings. The van der Waals surface area contributed by atoms with Crippen molar-refractivity contribution in [3.8, 4) is 17.2 Å². The van der Waals surface area contributed by atoms with Gasteiger partial charge in [0, 0.05) is 6.08 Å². The summed E-state index contributed by atoms with van der Waals surface area (Å²) < 4.78 is 41.8. The molecule has 0 aliphatic rings. The molecule has 0 bridgehead atoms. The van der Waals surface area contributed by atoms with Crippen molar-refractivity contribution < 1.29 is 27.9 Å². The molecule has 0 aliphatic carbocycles. The van der Waals surface area contributed by atoms with E-state index >= 15 is 0 Å². The lowest BCUT2D eigenvalue weighted by Gasteiger charge is -2.28. The van der Waals surface area contributed by atoms with Crippen molar-refractivity contribution in [1.29, 1.82) is 5.26 Å². The molecule has 2 aromatic carbocycles. The number of nitriles is 1. The highest BCUT2D eigenvalue weighted by atomic mass is 19.4. The van der Waals surface area contributed by atoms with E-state index in [1.165, 1.54) is 18.2 Å². The molecule has 0 saturated carbocycles. The molecular weight excluding hydrogens is 447 g/mol. The van der Waals surface area contributed by atoms with Crippen LogP contribution < -0.4 is 10.6 Å². The fourth-order valence-corrected chi connectivity index (χ4v) is 3.41. The number of rotatable bonds is 10. The summed E-state index contributed by atoms with van der Waals surface area (Å²) in [5, 5.41) is 22.2. The molecule has 2 atom stereocenters. The summed E-state index contributed by atoms with van der Waals surface area (Å²) in [6.07, 6.45) is -2.06. The van der Waals surface area contributed by atoms with Gasteiger partial charge in [0.2, 0.25) is 5.91 Å². The van der Waals surface area contributed by atoms with Crippen LogP contribution in [-0.4, -0.2) is 35.7 Å². The number of carbonyl (C=O) groups excluding carboxylic acids is 1. The first-order chi connectivity index (χ1) is 16.0. The van der Waals surface area contributed by atoms with Crippen LogP contribution in [0.25, 0.3) is 17.2 Å². The van der Waals surface area contributed by atoms with Crippen LogP contribution in [0.5, 0.6) is 0 Å². The van der Waals surface area contributed by atoms with E-state index in [2.05, 4.69) is 10.6 Å². The molecule has 2 rings (SSSR count). The topological polar surface area (TPSA) is 102 Å². The summed E-state index contributed by atoms with van der Waals surface area (Å²) in [4.78, 5) is 23.1. The minimum Gasteiger partial charge on any atom is -0.478 e. The van der Waals surface area contributed by atoms with E-state index in [4.69, 9.17) is 10.4 Å². The number of halogens is 3. The zero-order valence-electron chi connectivity index (χ0n) is 18.8. The number of alkyl halides is 3. The Kier molecular flexibility index (Phi) is 9.39. The van der Waals surface area contributed by atoms with Gasteiger partial charge in [0.1, 0.15) is 12.6 Å². The summed E-state index contributed by atoms with van der Waals surface area (Å²) in [7, 11) is 0. The largest absolute Gasteiger partial charge is 0.478 e. The van der Waals surface area contributed by atoms with Crippen LogP contribution in [0.4, 0.5) is 13.2 Å². The van der Waals surface area contributed by atoms with E-state index in [0.29, 0.717) is 16.7 Å². The molecule has 3 N–H and O–H groups in total. The molecule has 2 unspecified atom stereocenters. The zero-order chi connectivity index (χ0) is 25.3.